The third-order valence-electron chi connectivity index (χ3n) is 4.79. The Labute approximate surface area is 186 Å². The summed E-state index contributed by atoms with van der Waals surface area (Å²) in [4.78, 5) is 21.3. The van der Waals surface area contributed by atoms with Crippen LogP contribution in [-0.4, -0.2) is 30.5 Å². The molecule has 0 aliphatic heterocycles. The number of hydrogen-bond donors (Lipinski definition) is 0. The molecule has 0 amide bonds. The van der Waals surface area contributed by atoms with E-state index in [1.54, 1.807) is 18.3 Å². The second kappa shape index (κ2) is 7.94. The lowest BCUT2D eigenvalue weighted by Gasteiger charge is -2.08. The molecule has 0 aliphatic carbocycles. The van der Waals surface area contributed by atoms with Crippen molar-refractivity contribution in [2.45, 2.75) is 6.54 Å². The van der Waals surface area contributed by atoms with Gasteiger partial charge >= 0.3 is 0 Å². The number of hydrogen-bond acceptors (Lipinski definition) is 6. The smallest absolute Gasteiger partial charge is 0.289 e. The predicted octanol–water partition coefficient (Wildman–Crippen LogP) is 5.07. The molecule has 0 N–H and O–H groups in total. The lowest BCUT2D eigenvalue weighted by Crippen LogP contribution is -2.02. The van der Waals surface area contributed by atoms with E-state index in [2.05, 4.69) is 20.2 Å². The van der Waals surface area contributed by atoms with Crippen LogP contribution in [0.1, 0.15) is 21.8 Å². The van der Waals surface area contributed by atoms with Crippen LogP contribution in [0.5, 0.6) is 0 Å². The summed E-state index contributed by atoms with van der Waals surface area (Å²) in [5.41, 5.74) is 2.61. The van der Waals surface area contributed by atoms with Crippen LogP contribution in [0.4, 0.5) is 0 Å². The zero-order chi connectivity index (χ0) is 21.4. The maximum absolute atomic E-state index is 13.2. The van der Waals surface area contributed by atoms with Crippen molar-refractivity contribution in [2.75, 3.05) is 0 Å². The minimum Gasteiger partial charge on any atom is -0.412 e. The Morgan fingerprint density at radius 2 is 1.94 bits per heavy atom. The summed E-state index contributed by atoms with van der Waals surface area (Å²) in [5, 5.41) is 9.75. The first-order chi connectivity index (χ1) is 15.1. The maximum atomic E-state index is 13.2. The highest BCUT2D eigenvalue weighted by atomic mass is 35.5. The fourth-order valence-electron chi connectivity index (χ4n) is 3.34. The quantitative estimate of drug-likeness (QED) is 0.348. The molecule has 5 rings (SSSR count). The number of benzene rings is 2. The van der Waals surface area contributed by atoms with Crippen molar-refractivity contribution in [2.24, 2.45) is 0 Å². The molecule has 152 valence electrons. The monoisotopic (exact) mass is 449 g/mol. The second-order valence-electron chi connectivity index (χ2n) is 6.76. The largest absolute Gasteiger partial charge is 0.412 e. The van der Waals surface area contributed by atoms with E-state index in [9.17, 15) is 4.79 Å². The molecule has 3 heterocycles. The van der Waals surface area contributed by atoms with Crippen LogP contribution in [0.25, 0.3) is 22.5 Å². The Kier molecular flexibility index (Phi) is 4.97. The normalized spacial score (nSPS) is 11.2. The van der Waals surface area contributed by atoms with Crippen LogP contribution in [0.2, 0.25) is 10.0 Å². The lowest BCUT2D eigenvalue weighted by atomic mass is 10.1. The van der Waals surface area contributed by atoms with E-state index in [-0.39, 0.29) is 17.6 Å². The highest BCUT2D eigenvalue weighted by Gasteiger charge is 2.23. The van der Waals surface area contributed by atoms with Gasteiger partial charge in [-0.25, -0.2) is 4.98 Å². The molecular weight excluding hydrogens is 437 g/mol. The average Bonchev–Trinajstić information content (AvgIpc) is 3.42. The van der Waals surface area contributed by atoms with Gasteiger partial charge in [0.15, 0.2) is 0 Å². The predicted molar refractivity (Wildman–Crippen MR) is 116 cm³/mol. The number of para-hydroxylation sites is 1. The van der Waals surface area contributed by atoms with Gasteiger partial charge in [0.25, 0.3) is 17.6 Å². The SMILES string of the molecule is O=C(c1nnc(-c2cnccn2)o1)c1cn(Cc2ccc(Cl)cc2Cl)c2ccccc12. The third kappa shape index (κ3) is 3.69. The first-order valence-corrected chi connectivity index (χ1v) is 10.0. The summed E-state index contributed by atoms with van der Waals surface area (Å²) in [6, 6.07) is 13.0. The van der Waals surface area contributed by atoms with Gasteiger partial charge in [-0.1, -0.05) is 47.5 Å². The molecule has 31 heavy (non-hydrogen) atoms. The Balaban J connectivity index is 1.53. The van der Waals surface area contributed by atoms with E-state index in [1.807, 2.05) is 34.9 Å². The van der Waals surface area contributed by atoms with Gasteiger partial charge in [-0.3, -0.25) is 9.78 Å². The molecule has 3 aromatic heterocycles. The number of halogens is 2. The van der Waals surface area contributed by atoms with Gasteiger partial charge in [-0.05, 0) is 23.8 Å². The van der Waals surface area contributed by atoms with Crippen molar-refractivity contribution in [3.8, 4) is 11.6 Å². The minimum absolute atomic E-state index is 0.118. The van der Waals surface area contributed by atoms with Crippen LogP contribution in [0.3, 0.4) is 0 Å². The first kappa shape index (κ1) is 19.4. The third-order valence-corrected chi connectivity index (χ3v) is 5.38. The summed E-state index contributed by atoms with van der Waals surface area (Å²) in [5.74, 6) is -0.360. The molecule has 5 aromatic rings. The minimum atomic E-state index is -0.375. The molecule has 9 heteroatoms. The highest BCUT2D eigenvalue weighted by molar-refractivity contribution is 6.35. The summed E-state index contributed by atoms with van der Waals surface area (Å²) < 4.78 is 7.53. The number of carbonyl (C=O) groups excluding carboxylic acids is 1. The molecule has 0 saturated carbocycles. The zero-order valence-electron chi connectivity index (χ0n) is 15.9. The molecule has 0 fully saturated rings. The average molecular weight is 450 g/mol. The number of rotatable bonds is 5. The molecule has 0 spiro atoms. The fraction of sp³-hybridized carbons (Fsp3) is 0.0455. The first-order valence-electron chi connectivity index (χ1n) is 9.26. The van der Waals surface area contributed by atoms with Crippen LogP contribution in [0.15, 0.2) is 71.7 Å². The molecule has 0 saturated heterocycles. The van der Waals surface area contributed by atoms with Crippen molar-refractivity contribution in [1.29, 1.82) is 0 Å². The Hall–Kier alpha value is -3.55. The van der Waals surface area contributed by atoms with Gasteiger partial charge in [0.2, 0.25) is 0 Å². The van der Waals surface area contributed by atoms with E-state index in [1.165, 1.54) is 18.6 Å². The standard InChI is InChI=1S/C22H13Cl2N5O2/c23-14-6-5-13(17(24)9-14)11-29-12-16(15-3-1-2-4-19(15)29)20(30)22-28-27-21(31-22)18-10-25-7-8-26-18/h1-10,12H,11H2. The van der Waals surface area contributed by atoms with Crippen LogP contribution in [-0.2, 0) is 6.54 Å². The van der Waals surface area contributed by atoms with E-state index >= 15 is 0 Å². The van der Waals surface area contributed by atoms with Crippen molar-refractivity contribution in [3.63, 3.8) is 0 Å². The van der Waals surface area contributed by atoms with Gasteiger partial charge in [0.1, 0.15) is 5.69 Å². The molecule has 7 nitrogen and oxygen atoms in total. The Bertz CT molecular complexity index is 1410. The number of carbonyl (C=O) groups is 1. The Morgan fingerprint density at radius 1 is 1.06 bits per heavy atom. The van der Waals surface area contributed by atoms with Crippen molar-refractivity contribution >= 4 is 39.9 Å². The second-order valence-corrected chi connectivity index (χ2v) is 7.60. The number of aromatic nitrogens is 5. The topological polar surface area (TPSA) is 86.7 Å². The molecule has 0 unspecified atom stereocenters. The van der Waals surface area contributed by atoms with Crippen LogP contribution >= 0.6 is 23.2 Å². The Morgan fingerprint density at radius 3 is 2.74 bits per heavy atom. The van der Waals surface area contributed by atoms with Gasteiger partial charge in [-0.15, -0.1) is 10.2 Å². The van der Waals surface area contributed by atoms with Gasteiger partial charge in [0.05, 0.1) is 11.8 Å². The molecule has 0 atom stereocenters. The summed E-state index contributed by atoms with van der Waals surface area (Å²) in [7, 11) is 0. The number of nitrogens with zero attached hydrogens (tertiary/aromatic N) is 5. The summed E-state index contributed by atoms with van der Waals surface area (Å²) in [6.07, 6.45) is 6.30. The highest BCUT2D eigenvalue weighted by Crippen LogP contribution is 2.28. The van der Waals surface area contributed by atoms with Crippen molar-refractivity contribution in [1.82, 2.24) is 24.7 Å². The van der Waals surface area contributed by atoms with E-state index < -0.39 is 0 Å². The van der Waals surface area contributed by atoms with Gasteiger partial charge in [-0.2, -0.15) is 0 Å². The van der Waals surface area contributed by atoms with E-state index in [4.69, 9.17) is 27.6 Å². The number of fused-ring (bicyclic) bond motifs is 1. The molecule has 0 aliphatic rings. The van der Waals surface area contributed by atoms with E-state index in [0.29, 0.717) is 27.8 Å². The zero-order valence-corrected chi connectivity index (χ0v) is 17.4. The molecule has 0 radical (unpaired) electrons. The molecule has 2 aromatic carbocycles. The number of ketones is 1. The fourth-order valence-corrected chi connectivity index (χ4v) is 3.80. The van der Waals surface area contributed by atoms with Crippen LogP contribution in [0, 0.1) is 0 Å². The van der Waals surface area contributed by atoms with E-state index in [0.717, 1.165) is 16.5 Å². The molecular formula is C22H13Cl2N5O2. The van der Waals surface area contributed by atoms with Crippen LogP contribution < -0.4 is 0 Å². The molecule has 0 bridgehead atoms. The lowest BCUT2D eigenvalue weighted by molar-refractivity contribution is 0.100. The van der Waals surface area contributed by atoms with Gasteiger partial charge in [0, 0.05) is 46.1 Å². The maximum Gasteiger partial charge on any atom is 0.289 e. The summed E-state index contributed by atoms with van der Waals surface area (Å²) >= 11 is 12.4. The summed E-state index contributed by atoms with van der Waals surface area (Å²) in [6.45, 7) is 0.471. The van der Waals surface area contributed by atoms with Crippen molar-refractivity contribution in [3.05, 3.63) is 94.3 Å². The van der Waals surface area contributed by atoms with Gasteiger partial charge < -0.3 is 8.98 Å². The van der Waals surface area contributed by atoms with Crippen molar-refractivity contribution < 1.29 is 9.21 Å².